The maximum atomic E-state index is 12.7. The van der Waals surface area contributed by atoms with Gasteiger partial charge in [0.2, 0.25) is 11.5 Å². The van der Waals surface area contributed by atoms with Crippen molar-refractivity contribution in [2.45, 2.75) is 49.5 Å². The fourth-order valence-corrected chi connectivity index (χ4v) is 5.49. The summed E-state index contributed by atoms with van der Waals surface area (Å²) in [6.45, 7) is 0.446. The molecule has 2 aliphatic carbocycles. The van der Waals surface area contributed by atoms with E-state index < -0.39 is 28.7 Å². The van der Waals surface area contributed by atoms with Crippen molar-refractivity contribution in [3.05, 3.63) is 46.8 Å². The highest BCUT2D eigenvalue weighted by Crippen LogP contribution is 2.54. The lowest BCUT2D eigenvalue weighted by Gasteiger charge is -2.35. The van der Waals surface area contributed by atoms with Gasteiger partial charge in [-0.15, -0.1) is 0 Å². The summed E-state index contributed by atoms with van der Waals surface area (Å²) >= 11 is 0. The molecule has 1 saturated carbocycles. The van der Waals surface area contributed by atoms with Crippen LogP contribution in [0.1, 0.15) is 59.4 Å². The van der Waals surface area contributed by atoms with Crippen LogP contribution in [0.5, 0.6) is 0 Å². The molecule has 34 heavy (non-hydrogen) atoms. The van der Waals surface area contributed by atoms with Gasteiger partial charge in [-0.2, -0.15) is 5.10 Å². The van der Waals surface area contributed by atoms with E-state index in [0.717, 1.165) is 25.0 Å². The first-order valence-corrected chi connectivity index (χ1v) is 11.5. The normalized spacial score (nSPS) is 26.1. The van der Waals surface area contributed by atoms with Gasteiger partial charge in [0.25, 0.3) is 11.8 Å². The summed E-state index contributed by atoms with van der Waals surface area (Å²) < 4.78 is 1.66. The third-order valence-electron chi connectivity index (χ3n) is 7.37. The SMILES string of the molecule is CN1CC[C@@](O)(C#Cc2cccc(-n3nc(C(N)=O)c4c3CCC[C@@]4(C(N)=O)C3CC3)c2)C1=O. The van der Waals surface area contributed by atoms with Crippen molar-refractivity contribution < 1.29 is 19.5 Å². The maximum Gasteiger partial charge on any atom is 0.269 e. The standard InChI is InChI=1S/C25H27N5O4/c1-29-13-12-24(34,23(29)33)11-9-15-4-2-5-17(14-15)30-18-6-3-10-25(22(27)32,16-7-8-16)19(18)20(28-30)21(26)31/h2,4-5,14,16,34H,3,6-8,10,12-13H2,1H3,(H2,26,31)(H2,27,32)/t24-,25+/m0/s1. The van der Waals surface area contributed by atoms with Gasteiger partial charge in [0.15, 0.2) is 5.69 Å². The Bertz CT molecular complexity index is 1280. The van der Waals surface area contributed by atoms with E-state index >= 15 is 0 Å². The Balaban J connectivity index is 1.60. The third-order valence-corrected chi connectivity index (χ3v) is 7.37. The molecule has 2 heterocycles. The van der Waals surface area contributed by atoms with Crippen LogP contribution in [0.2, 0.25) is 0 Å². The minimum absolute atomic E-state index is 0.0887. The molecule has 0 radical (unpaired) electrons. The average Bonchev–Trinajstić information content (AvgIpc) is 3.55. The number of fused-ring (bicyclic) bond motifs is 1. The number of likely N-dealkylation sites (N-methyl/N-ethyl adjacent to an activating group) is 1. The highest BCUT2D eigenvalue weighted by atomic mass is 16.3. The Morgan fingerprint density at radius 1 is 1.24 bits per heavy atom. The van der Waals surface area contributed by atoms with E-state index in [1.807, 2.05) is 6.07 Å². The van der Waals surface area contributed by atoms with E-state index in [2.05, 4.69) is 16.9 Å². The minimum Gasteiger partial charge on any atom is -0.369 e. The van der Waals surface area contributed by atoms with Crippen LogP contribution < -0.4 is 11.5 Å². The summed E-state index contributed by atoms with van der Waals surface area (Å²) in [5.41, 5.74) is 11.7. The van der Waals surface area contributed by atoms with Gasteiger partial charge < -0.3 is 21.5 Å². The van der Waals surface area contributed by atoms with Gasteiger partial charge in [-0.1, -0.05) is 17.9 Å². The van der Waals surface area contributed by atoms with Crippen LogP contribution in [0.4, 0.5) is 0 Å². The lowest BCUT2D eigenvalue weighted by atomic mass is 9.67. The highest BCUT2D eigenvalue weighted by Gasteiger charge is 2.55. The first kappa shape index (κ1) is 22.2. The number of amides is 3. The quantitative estimate of drug-likeness (QED) is 0.564. The Kier molecular flexibility index (Phi) is 5.02. The number of primary amides is 2. The van der Waals surface area contributed by atoms with E-state index in [-0.39, 0.29) is 18.0 Å². The van der Waals surface area contributed by atoms with Crippen molar-refractivity contribution in [3.8, 4) is 17.5 Å². The fourth-order valence-electron chi connectivity index (χ4n) is 5.49. The molecular formula is C25H27N5O4. The zero-order valence-electron chi connectivity index (χ0n) is 19.0. The summed E-state index contributed by atoms with van der Waals surface area (Å²) in [6, 6.07) is 7.15. The lowest BCUT2D eigenvalue weighted by Crippen LogP contribution is -2.46. The van der Waals surface area contributed by atoms with Gasteiger partial charge in [-0.3, -0.25) is 14.4 Å². The first-order valence-electron chi connectivity index (χ1n) is 11.5. The molecule has 1 aromatic heterocycles. The summed E-state index contributed by atoms with van der Waals surface area (Å²) in [6.07, 6.45) is 3.98. The summed E-state index contributed by atoms with van der Waals surface area (Å²) in [5, 5.41) is 15.1. The Hall–Kier alpha value is -3.64. The summed E-state index contributed by atoms with van der Waals surface area (Å²) in [5.74, 6) is 4.19. The number of carbonyl (C=O) groups excluding carboxylic acids is 3. The van der Waals surface area contributed by atoms with Crippen LogP contribution in [-0.4, -0.2) is 56.7 Å². The van der Waals surface area contributed by atoms with Gasteiger partial charge in [0, 0.05) is 36.8 Å². The molecule has 3 amide bonds. The van der Waals surface area contributed by atoms with Crippen molar-refractivity contribution in [1.29, 1.82) is 0 Å². The maximum absolute atomic E-state index is 12.7. The molecule has 5 N–H and O–H groups in total. The number of nitrogens with two attached hydrogens (primary N) is 2. The Labute approximate surface area is 197 Å². The van der Waals surface area contributed by atoms with Gasteiger partial charge in [0.05, 0.1) is 11.1 Å². The number of nitrogens with zero attached hydrogens (tertiary/aromatic N) is 3. The van der Waals surface area contributed by atoms with E-state index in [1.165, 1.54) is 4.90 Å². The second kappa shape index (κ2) is 7.71. The van der Waals surface area contributed by atoms with Crippen molar-refractivity contribution in [3.63, 3.8) is 0 Å². The lowest BCUT2D eigenvalue weighted by molar-refractivity contribution is -0.137. The second-order valence-electron chi connectivity index (χ2n) is 9.55. The number of aromatic nitrogens is 2. The molecule has 5 rings (SSSR count). The Morgan fingerprint density at radius 2 is 2.00 bits per heavy atom. The second-order valence-corrected chi connectivity index (χ2v) is 9.55. The molecular weight excluding hydrogens is 434 g/mol. The highest BCUT2D eigenvalue weighted by molar-refractivity contribution is 5.98. The predicted molar refractivity (Wildman–Crippen MR) is 123 cm³/mol. The zero-order valence-corrected chi connectivity index (χ0v) is 19.0. The van der Waals surface area contributed by atoms with Gasteiger partial charge >= 0.3 is 0 Å². The molecule has 0 unspecified atom stereocenters. The number of rotatable bonds is 4. The molecule has 3 aliphatic rings. The molecule has 0 bridgehead atoms. The molecule has 9 heteroatoms. The molecule has 1 aliphatic heterocycles. The van der Waals surface area contributed by atoms with Gasteiger partial charge in [0.1, 0.15) is 0 Å². The van der Waals surface area contributed by atoms with Crippen molar-refractivity contribution in [2.75, 3.05) is 13.6 Å². The number of hydrogen-bond acceptors (Lipinski definition) is 5. The van der Waals surface area contributed by atoms with Crippen LogP contribution in [0, 0.1) is 17.8 Å². The van der Waals surface area contributed by atoms with Crippen molar-refractivity contribution in [2.24, 2.45) is 17.4 Å². The molecule has 176 valence electrons. The van der Waals surface area contributed by atoms with Crippen LogP contribution >= 0.6 is 0 Å². The van der Waals surface area contributed by atoms with E-state index in [4.69, 9.17) is 11.5 Å². The third kappa shape index (κ3) is 3.29. The number of carbonyl (C=O) groups is 3. The molecule has 9 nitrogen and oxygen atoms in total. The molecule has 1 aromatic carbocycles. The molecule has 1 saturated heterocycles. The summed E-state index contributed by atoms with van der Waals surface area (Å²) in [4.78, 5) is 38.8. The van der Waals surface area contributed by atoms with Crippen LogP contribution in [0.3, 0.4) is 0 Å². The monoisotopic (exact) mass is 461 g/mol. The molecule has 0 spiro atoms. The molecule has 2 aromatic rings. The number of benzene rings is 1. The van der Waals surface area contributed by atoms with E-state index in [1.54, 1.807) is 29.9 Å². The van der Waals surface area contributed by atoms with Crippen molar-refractivity contribution >= 4 is 17.7 Å². The smallest absolute Gasteiger partial charge is 0.269 e. The predicted octanol–water partition coefficient (Wildman–Crippen LogP) is 0.385. The average molecular weight is 462 g/mol. The molecule has 2 atom stereocenters. The number of aliphatic hydroxyl groups is 1. The van der Waals surface area contributed by atoms with Gasteiger partial charge in [-0.25, -0.2) is 4.68 Å². The topological polar surface area (TPSA) is 145 Å². The van der Waals surface area contributed by atoms with Crippen LogP contribution in [0.15, 0.2) is 24.3 Å². The molecule has 2 fully saturated rings. The number of likely N-dealkylation sites (tertiary alicyclic amines) is 1. The fraction of sp³-hybridized carbons (Fsp3) is 0.440. The zero-order chi connectivity index (χ0) is 24.3. The van der Waals surface area contributed by atoms with E-state index in [0.29, 0.717) is 36.2 Å². The van der Waals surface area contributed by atoms with Crippen LogP contribution in [-0.2, 0) is 21.4 Å². The number of hydrogen-bond donors (Lipinski definition) is 3. The van der Waals surface area contributed by atoms with Crippen molar-refractivity contribution in [1.82, 2.24) is 14.7 Å². The van der Waals surface area contributed by atoms with Crippen LogP contribution in [0.25, 0.3) is 5.69 Å². The minimum atomic E-state index is -1.69. The Morgan fingerprint density at radius 3 is 2.62 bits per heavy atom. The first-order chi connectivity index (χ1) is 16.2. The summed E-state index contributed by atoms with van der Waals surface area (Å²) in [7, 11) is 1.63. The van der Waals surface area contributed by atoms with Gasteiger partial charge in [-0.05, 0) is 56.2 Å². The van der Waals surface area contributed by atoms with E-state index in [9.17, 15) is 19.5 Å². The largest absolute Gasteiger partial charge is 0.369 e.